The molecule has 1 aromatic carbocycles. The summed E-state index contributed by atoms with van der Waals surface area (Å²) in [4.78, 5) is 25.4. The van der Waals surface area contributed by atoms with Crippen molar-refractivity contribution in [3.05, 3.63) is 28.8 Å². The second kappa shape index (κ2) is 7.87. The van der Waals surface area contributed by atoms with Gasteiger partial charge in [0.2, 0.25) is 0 Å². The Labute approximate surface area is 149 Å². The molecule has 1 rings (SSSR count). The second-order valence-electron chi connectivity index (χ2n) is 7.95. The number of hydrogen-bond acceptors (Lipinski definition) is 4. The normalized spacial score (nSPS) is 13.0. The Kier molecular flexibility index (Phi) is 6.60. The average molecular weight is 350 g/mol. The molecule has 0 heterocycles. The van der Waals surface area contributed by atoms with Crippen LogP contribution in [0.3, 0.4) is 0 Å². The molecule has 0 aliphatic carbocycles. The van der Waals surface area contributed by atoms with Crippen molar-refractivity contribution in [2.45, 2.75) is 59.1 Å². The van der Waals surface area contributed by atoms with Crippen molar-refractivity contribution >= 4 is 17.6 Å². The Morgan fingerprint density at radius 2 is 1.80 bits per heavy atom. The van der Waals surface area contributed by atoms with Crippen LogP contribution < -0.4 is 5.73 Å². The summed E-state index contributed by atoms with van der Waals surface area (Å²) < 4.78 is 0. The van der Waals surface area contributed by atoms with E-state index in [4.69, 9.17) is 5.73 Å². The molecule has 6 heteroatoms. The Morgan fingerprint density at radius 1 is 1.24 bits per heavy atom. The summed E-state index contributed by atoms with van der Waals surface area (Å²) in [5.74, 6) is -1.23. The summed E-state index contributed by atoms with van der Waals surface area (Å²) in [6, 6.07) is 3.05. The van der Waals surface area contributed by atoms with Gasteiger partial charge in [0.1, 0.15) is 6.10 Å². The van der Waals surface area contributed by atoms with Gasteiger partial charge in [0.25, 0.3) is 5.91 Å². The molecule has 0 aliphatic heterocycles. The number of carbonyl (C=O) groups is 2. The molecule has 1 atom stereocenters. The number of amides is 1. The molecular weight excluding hydrogens is 320 g/mol. The zero-order chi connectivity index (χ0) is 19.5. The lowest BCUT2D eigenvalue weighted by molar-refractivity contribution is -0.140. The molecule has 1 amide bonds. The number of likely N-dealkylation sites (N-methyl/N-ethyl adjacent to an activating group) is 1. The average Bonchev–Trinajstić information content (AvgIpc) is 2.45. The molecule has 0 aromatic heterocycles. The molecule has 0 spiro atoms. The fourth-order valence-electron chi connectivity index (χ4n) is 2.99. The summed E-state index contributed by atoms with van der Waals surface area (Å²) in [6.45, 7) is 9.74. The van der Waals surface area contributed by atoms with E-state index in [1.54, 1.807) is 13.1 Å². The molecule has 6 nitrogen and oxygen atoms in total. The number of nitrogen functional groups attached to an aromatic ring is 1. The second-order valence-corrected chi connectivity index (χ2v) is 7.95. The highest BCUT2D eigenvalue weighted by Crippen LogP contribution is 2.33. The molecule has 0 radical (unpaired) electrons. The van der Waals surface area contributed by atoms with Crippen molar-refractivity contribution in [2.75, 3.05) is 12.8 Å². The molecule has 0 bridgehead atoms. The predicted molar refractivity (Wildman–Crippen MR) is 98.4 cm³/mol. The number of carboxylic acid groups (broad SMARTS) is 1. The lowest BCUT2D eigenvalue weighted by Crippen LogP contribution is -2.37. The van der Waals surface area contributed by atoms with Crippen molar-refractivity contribution in [3.63, 3.8) is 0 Å². The number of aromatic carboxylic acids is 1. The van der Waals surface area contributed by atoms with E-state index in [0.717, 1.165) is 0 Å². The fourth-order valence-corrected chi connectivity index (χ4v) is 2.99. The van der Waals surface area contributed by atoms with Crippen molar-refractivity contribution in [3.8, 4) is 0 Å². The minimum absolute atomic E-state index is 0.146. The summed E-state index contributed by atoms with van der Waals surface area (Å²) in [5, 5.41) is 19.6. The predicted octanol–water partition coefficient (Wildman–Crippen LogP) is 2.63. The first kappa shape index (κ1) is 21.0. The van der Waals surface area contributed by atoms with Gasteiger partial charge in [-0.05, 0) is 41.0 Å². The van der Waals surface area contributed by atoms with Gasteiger partial charge in [-0.1, -0.05) is 34.6 Å². The topological polar surface area (TPSA) is 104 Å². The van der Waals surface area contributed by atoms with Gasteiger partial charge in [0, 0.05) is 19.3 Å². The zero-order valence-electron chi connectivity index (χ0n) is 16.0. The van der Waals surface area contributed by atoms with E-state index in [1.165, 1.54) is 11.0 Å². The van der Waals surface area contributed by atoms with E-state index >= 15 is 0 Å². The maximum Gasteiger partial charge on any atom is 0.335 e. The minimum atomic E-state index is -1.08. The van der Waals surface area contributed by atoms with Gasteiger partial charge in [-0.15, -0.1) is 0 Å². The third kappa shape index (κ3) is 5.19. The van der Waals surface area contributed by atoms with Crippen molar-refractivity contribution in [1.82, 2.24) is 4.90 Å². The van der Waals surface area contributed by atoms with E-state index in [2.05, 4.69) is 0 Å². The first-order chi connectivity index (χ1) is 11.4. The van der Waals surface area contributed by atoms with Crippen LogP contribution in [0.1, 0.15) is 62.5 Å². The number of nitrogens with two attached hydrogens (primary N) is 1. The Morgan fingerprint density at radius 3 is 2.24 bits per heavy atom. The number of benzene rings is 1. The van der Waals surface area contributed by atoms with Gasteiger partial charge in [-0.25, -0.2) is 4.79 Å². The van der Waals surface area contributed by atoms with E-state index in [0.29, 0.717) is 23.2 Å². The van der Waals surface area contributed by atoms with Crippen LogP contribution in [0, 0.1) is 5.92 Å². The molecule has 0 fully saturated rings. The monoisotopic (exact) mass is 350 g/mol. The Hall–Kier alpha value is -2.08. The summed E-state index contributed by atoms with van der Waals surface area (Å²) in [7, 11) is 1.59. The Balaban J connectivity index is 3.27. The van der Waals surface area contributed by atoms with Crippen LogP contribution in [0.25, 0.3) is 0 Å². The highest BCUT2D eigenvalue weighted by atomic mass is 16.4. The zero-order valence-corrected chi connectivity index (χ0v) is 16.0. The standard InChI is InChI=1S/C19H30N2O4/c1-11(2)9-15(22)17(23)21(6)10-13-14(20)8-7-12(18(24)25)16(13)19(3,4)5/h7-8,11,15,22H,9-10,20H2,1-6H3,(H,24,25). The van der Waals surface area contributed by atoms with Crippen LogP contribution in [-0.2, 0) is 16.8 Å². The highest BCUT2D eigenvalue weighted by Gasteiger charge is 2.28. The number of carbonyl (C=O) groups excluding carboxylic acids is 1. The summed E-state index contributed by atoms with van der Waals surface area (Å²) in [5.41, 5.74) is 7.48. The molecule has 0 saturated carbocycles. The molecule has 0 saturated heterocycles. The third-order valence-electron chi connectivity index (χ3n) is 4.08. The van der Waals surface area contributed by atoms with Crippen LogP contribution in [0.2, 0.25) is 0 Å². The van der Waals surface area contributed by atoms with Gasteiger partial charge in [0.05, 0.1) is 5.56 Å². The number of aliphatic hydroxyl groups is 1. The summed E-state index contributed by atoms with van der Waals surface area (Å²) >= 11 is 0. The maximum atomic E-state index is 12.4. The molecule has 1 unspecified atom stereocenters. The quantitative estimate of drug-likeness (QED) is 0.684. The van der Waals surface area contributed by atoms with Gasteiger partial charge in [-0.2, -0.15) is 0 Å². The number of carboxylic acids is 1. The van der Waals surface area contributed by atoms with Gasteiger partial charge >= 0.3 is 5.97 Å². The first-order valence-corrected chi connectivity index (χ1v) is 8.44. The smallest absolute Gasteiger partial charge is 0.335 e. The minimum Gasteiger partial charge on any atom is -0.478 e. The van der Waals surface area contributed by atoms with Crippen molar-refractivity contribution in [1.29, 1.82) is 0 Å². The largest absolute Gasteiger partial charge is 0.478 e. The van der Waals surface area contributed by atoms with Crippen LogP contribution in [0.4, 0.5) is 5.69 Å². The highest BCUT2D eigenvalue weighted by molar-refractivity contribution is 5.91. The molecule has 25 heavy (non-hydrogen) atoms. The van der Waals surface area contributed by atoms with E-state index in [1.807, 2.05) is 34.6 Å². The van der Waals surface area contributed by atoms with Gasteiger partial charge in [-0.3, -0.25) is 4.79 Å². The van der Waals surface area contributed by atoms with Crippen LogP contribution in [0.15, 0.2) is 12.1 Å². The van der Waals surface area contributed by atoms with Crippen molar-refractivity contribution < 1.29 is 19.8 Å². The SMILES string of the molecule is CC(C)CC(O)C(=O)N(C)Cc1c(N)ccc(C(=O)O)c1C(C)(C)C. The van der Waals surface area contributed by atoms with Crippen LogP contribution in [0.5, 0.6) is 0 Å². The molecule has 140 valence electrons. The number of rotatable bonds is 6. The number of nitrogens with zero attached hydrogens (tertiary/aromatic N) is 1. The van der Waals surface area contributed by atoms with E-state index in [9.17, 15) is 19.8 Å². The molecule has 4 N–H and O–H groups in total. The summed E-state index contributed by atoms with van der Waals surface area (Å²) in [6.07, 6.45) is -0.702. The molecule has 1 aromatic rings. The molecular formula is C19H30N2O4. The lowest BCUT2D eigenvalue weighted by atomic mass is 9.79. The van der Waals surface area contributed by atoms with Crippen LogP contribution in [-0.4, -0.2) is 40.1 Å². The Bertz CT molecular complexity index is 648. The molecule has 0 aliphatic rings. The number of anilines is 1. The number of aliphatic hydroxyl groups excluding tert-OH is 1. The maximum absolute atomic E-state index is 12.4. The van der Waals surface area contributed by atoms with Gasteiger partial charge in [0.15, 0.2) is 0 Å². The van der Waals surface area contributed by atoms with E-state index < -0.39 is 23.4 Å². The number of hydrogen-bond donors (Lipinski definition) is 3. The van der Waals surface area contributed by atoms with Crippen molar-refractivity contribution in [2.24, 2.45) is 5.92 Å². The first-order valence-electron chi connectivity index (χ1n) is 8.44. The van der Waals surface area contributed by atoms with E-state index in [-0.39, 0.29) is 18.0 Å². The lowest BCUT2D eigenvalue weighted by Gasteiger charge is -2.29. The van der Waals surface area contributed by atoms with Crippen LogP contribution >= 0.6 is 0 Å². The van der Waals surface area contributed by atoms with Gasteiger partial charge < -0.3 is 20.8 Å². The fraction of sp³-hybridized carbons (Fsp3) is 0.579. The third-order valence-corrected chi connectivity index (χ3v) is 4.08.